The second kappa shape index (κ2) is 5.50. The van der Waals surface area contributed by atoms with Gasteiger partial charge >= 0.3 is 0 Å². The predicted octanol–water partition coefficient (Wildman–Crippen LogP) is 2.16. The lowest BCUT2D eigenvalue weighted by molar-refractivity contribution is 0.217. The summed E-state index contributed by atoms with van der Waals surface area (Å²) in [6, 6.07) is 0.0245. The number of rotatable bonds is 3. The molecular formula is C14H24N2O3S. The topological polar surface area (TPSA) is 76.5 Å². The fourth-order valence-electron chi connectivity index (χ4n) is 2.98. The molecule has 1 fully saturated rings. The normalized spacial score (nSPS) is 25.1. The Labute approximate surface area is 121 Å². The number of hydrogen-bond acceptors (Lipinski definition) is 4. The Morgan fingerprint density at radius 2 is 1.90 bits per heavy atom. The van der Waals surface area contributed by atoms with E-state index in [1.54, 1.807) is 18.2 Å². The Kier molecular flexibility index (Phi) is 4.27. The van der Waals surface area contributed by atoms with E-state index in [1.165, 1.54) is 0 Å². The average molecular weight is 300 g/mol. The SMILES string of the molecule is Cc1oc(C)c(S(=O)(=O)N2CC(C)CCC2C)c1CN. The number of nitrogens with zero attached hydrogens (tertiary/aromatic N) is 1. The summed E-state index contributed by atoms with van der Waals surface area (Å²) >= 11 is 0. The van der Waals surface area contributed by atoms with E-state index in [9.17, 15) is 8.42 Å². The molecular weight excluding hydrogens is 276 g/mol. The quantitative estimate of drug-likeness (QED) is 0.928. The van der Waals surface area contributed by atoms with E-state index in [2.05, 4.69) is 6.92 Å². The van der Waals surface area contributed by atoms with Gasteiger partial charge in [-0.25, -0.2) is 8.42 Å². The molecule has 20 heavy (non-hydrogen) atoms. The zero-order valence-corrected chi connectivity index (χ0v) is 13.5. The van der Waals surface area contributed by atoms with Crippen LogP contribution in [0.4, 0.5) is 0 Å². The van der Waals surface area contributed by atoms with Crippen LogP contribution < -0.4 is 5.73 Å². The molecule has 1 aliphatic rings. The fourth-order valence-corrected chi connectivity index (χ4v) is 5.19. The van der Waals surface area contributed by atoms with Gasteiger partial charge in [0.15, 0.2) is 0 Å². The number of nitrogens with two attached hydrogens (primary N) is 1. The van der Waals surface area contributed by atoms with Crippen molar-refractivity contribution in [3.05, 3.63) is 17.1 Å². The zero-order chi connectivity index (χ0) is 15.1. The molecule has 0 amide bonds. The van der Waals surface area contributed by atoms with Gasteiger partial charge in [-0.2, -0.15) is 4.31 Å². The van der Waals surface area contributed by atoms with Crippen LogP contribution in [0.1, 0.15) is 43.8 Å². The minimum atomic E-state index is -3.54. The van der Waals surface area contributed by atoms with Gasteiger partial charge in [-0.3, -0.25) is 0 Å². The standard InChI is InChI=1S/C14H24N2O3S/c1-9-5-6-10(2)16(8-9)20(17,18)14-12(4)19-11(3)13(14)7-15/h9-10H,5-8,15H2,1-4H3. The third-order valence-electron chi connectivity index (χ3n) is 4.16. The molecule has 6 heteroatoms. The van der Waals surface area contributed by atoms with Gasteiger partial charge in [-0.1, -0.05) is 6.92 Å². The van der Waals surface area contributed by atoms with Gasteiger partial charge in [0.2, 0.25) is 10.0 Å². The summed E-state index contributed by atoms with van der Waals surface area (Å²) in [6.07, 6.45) is 1.97. The van der Waals surface area contributed by atoms with E-state index in [0.717, 1.165) is 12.8 Å². The van der Waals surface area contributed by atoms with Crippen molar-refractivity contribution >= 4 is 10.0 Å². The highest BCUT2D eigenvalue weighted by atomic mass is 32.2. The van der Waals surface area contributed by atoms with Crippen LogP contribution in [-0.4, -0.2) is 25.3 Å². The van der Waals surface area contributed by atoms with Crippen molar-refractivity contribution in [3.63, 3.8) is 0 Å². The Morgan fingerprint density at radius 1 is 1.25 bits per heavy atom. The highest BCUT2D eigenvalue weighted by Gasteiger charge is 2.37. The molecule has 1 saturated heterocycles. The third-order valence-corrected chi connectivity index (χ3v) is 6.33. The summed E-state index contributed by atoms with van der Waals surface area (Å²) in [4.78, 5) is 0.276. The Balaban J connectivity index is 2.50. The van der Waals surface area contributed by atoms with Gasteiger partial charge in [0.05, 0.1) is 0 Å². The summed E-state index contributed by atoms with van der Waals surface area (Å²) < 4.78 is 33.0. The molecule has 1 aromatic heterocycles. The van der Waals surface area contributed by atoms with E-state index in [0.29, 0.717) is 29.5 Å². The fraction of sp³-hybridized carbons (Fsp3) is 0.714. The van der Waals surface area contributed by atoms with Crippen molar-refractivity contribution in [3.8, 4) is 0 Å². The molecule has 5 nitrogen and oxygen atoms in total. The van der Waals surface area contributed by atoms with Crippen LogP contribution >= 0.6 is 0 Å². The number of furan rings is 1. The summed E-state index contributed by atoms with van der Waals surface area (Å²) in [6.45, 7) is 8.25. The average Bonchev–Trinajstić information content (AvgIpc) is 2.66. The molecule has 0 aromatic carbocycles. The number of piperidine rings is 1. The molecule has 1 aliphatic heterocycles. The van der Waals surface area contributed by atoms with Crippen LogP contribution in [0.2, 0.25) is 0 Å². The first-order valence-electron chi connectivity index (χ1n) is 7.09. The molecule has 0 spiro atoms. The van der Waals surface area contributed by atoms with E-state index in [4.69, 9.17) is 10.2 Å². The van der Waals surface area contributed by atoms with Crippen LogP contribution in [-0.2, 0) is 16.6 Å². The highest BCUT2D eigenvalue weighted by molar-refractivity contribution is 7.89. The van der Waals surface area contributed by atoms with Crippen LogP contribution in [0.15, 0.2) is 9.31 Å². The largest absolute Gasteiger partial charge is 0.465 e. The molecule has 0 radical (unpaired) electrons. The zero-order valence-electron chi connectivity index (χ0n) is 12.6. The molecule has 2 unspecified atom stereocenters. The van der Waals surface area contributed by atoms with Crippen LogP contribution in [0.5, 0.6) is 0 Å². The van der Waals surface area contributed by atoms with Gasteiger partial charge in [0.1, 0.15) is 16.4 Å². The molecule has 114 valence electrons. The molecule has 2 rings (SSSR count). The lowest BCUT2D eigenvalue weighted by Gasteiger charge is -2.35. The van der Waals surface area contributed by atoms with Gasteiger partial charge < -0.3 is 10.2 Å². The van der Waals surface area contributed by atoms with E-state index in [-0.39, 0.29) is 17.5 Å². The first-order chi connectivity index (χ1) is 9.28. The minimum Gasteiger partial charge on any atom is -0.465 e. The maximum absolute atomic E-state index is 13.0. The molecule has 1 aromatic rings. The van der Waals surface area contributed by atoms with E-state index in [1.807, 2.05) is 6.92 Å². The lowest BCUT2D eigenvalue weighted by atomic mass is 9.97. The minimum absolute atomic E-state index is 0.0245. The Hall–Kier alpha value is -0.850. The molecule has 0 bridgehead atoms. The smallest absolute Gasteiger partial charge is 0.247 e. The molecule has 0 saturated carbocycles. The third kappa shape index (κ3) is 2.52. The number of sulfonamides is 1. The highest BCUT2D eigenvalue weighted by Crippen LogP contribution is 2.33. The predicted molar refractivity (Wildman–Crippen MR) is 77.8 cm³/mol. The molecule has 0 aliphatic carbocycles. The van der Waals surface area contributed by atoms with Gasteiger partial charge in [-0.15, -0.1) is 0 Å². The first kappa shape index (κ1) is 15.5. The van der Waals surface area contributed by atoms with Crippen molar-refractivity contribution in [2.24, 2.45) is 11.7 Å². The Bertz CT molecular complexity index is 592. The molecule has 2 N–H and O–H groups in total. The summed E-state index contributed by atoms with van der Waals surface area (Å²) in [5.74, 6) is 1.42. The van der Waals surface area contributed by atoms with Crippen molar-refractivity contribution in [1.29, 1.82) is 0 Å². The summed E-state index contributed by atoms with van der Waals surface area (Å²) in [5.41, 5.74) is 6.31. The maximum atomic E-state index is 13.0. The second-order valence-electron chi connectivity index (χ2n) is 5.83. The van der Waals surface area contributed by atoms with E-state index >= 15 is 0 Å². The van der Waals surface area contributed by atoms with Gasteiger partial charge in [-0.05, 0) is 39.5 Å². The first-order valence-corrected chi connectivity index (χ1v) is 8.53. The van der Waals surface area contributed by atoms with Crippen LogP contribution in [0, 0.1) is 19.8 Å². The monoisotopic (exact) mass is 300 g/mol. The van der Waals surface area contributed by atoms with Crippen molar-refractivity contribution in [2.45, 2.75) is 58.0 Å². The van der Waals surface area contributed by atoms with Gasteiger partial charge in [0.25, 0.3) is 0 Å². The van der Waals surface area contributed by atoms with Crippen molar-refractivity contribution < 1.29 is 12.8 Å². The molecule has 2 atom stereocenters. The lowest BCUT2D eigenvalue weighted by Crippen LogP contribution is -2.45. The summed E-state index contributed by atoms with van der Waals surface area (Å²) in [5, 5.41) is 0. The van der Waals surface area contributed by atoms with Crippen LogP contribution in [0.25, 0.3) is 0 Å². The van der Waals surface area contributed by atoms with Crippen molar-refractivity contribution in [1.82, 2.24) is 4.31 Å². The van der Waals surface area contributed by atoms with Crippen LogP contribution in [0.3, 0.4) is 0 Å². The maximum Gasteiger partial charge on any atom is 0.247 e. The van der Waals surface area contributed by atoms with Gasteiger partial charge in [0, 0.05) is 24.7 Å². The second-order valence-corrected chi connectivity index (χ2v) is 7.66. The van der Waals surface area contributed by atoms with Crippen molar-refractivity contribution in [2.75, 3.05) is 6.54 Å². The number of aryl methyl sites for hydroxylation is 2. The molecule has 2 heterocycles. The Morgan fingerprint density at radius 3 is 2.50 bits per heavy atom. The summed E-state index contributed by atoms with van der Waals surface area (Å²) in [7, 11) is -3.54. The van der Waals surface area contributed by atoms with E-state index < -0.39 is 10.0 Å². The number of hydrogen-bond donors (Lipinski definition) is 1.